The molecule has 0 unspecified atom stereocenters. The van der Waals surface area contributed by atoms with Crippen LogP contribution in [0.3, 0.4) is 0 Å². The summed E-state index contributed by atoms with van der Waals surface area (Å²) in [6.45, 7) is 38.8. The molecule has 0 saturated carbocycles. The lowest BCUT2D eigenvalue weighted by molar-refractivity contribution is -0.0720. The quantitative estimate of drug-likeness (QED) is 0.0242. The molecule has 0 amide bonds. The van der Waals surface area contributed by atoms with Gasteiger partial charge in [0.15, 0.2) is 0 Å². The number of aliphatic hydroxyl groups excluding tert-OH is 2. The van der Waals surface area contributed by atoms with E-state index in [2.05, 4.69) is 24.9 Å². The molecule has 113 heavy (non-hydrogen) atoms. The van der Waals surface area contributed by atoms with Crippen LogP contribution in [0.5, 0.6) is 0 Å². The summed E-state index contributed by atoms with van der Waals surface area (Å²) >= 11 is 0. The van der Waals surface area contributed by atoms with Gasteiger partial charge in [-0.2, -0.15) is 0 Å². The zero-order chi connectivity index (χ0) is 83.2. The van der Waals surface area contributed by atoms with Gasteiger partial charge < -0.3 is 69.3 Å². The minimum Gasteiger partial charge on any atom is -0.394 e. The topological polar surface area (TPSA) is 435 Å². The fraction of sp³-hybridized carbons (Fsp3) is 0.730. The normalized spacial score (nSPS) is 26.1. The molecule has 630 valence electrons. The van der Waals surface area contributed by atoms with Crippen molar-refractivity contribution in [3.05, 3.63) is 163 Å². The van der Waals surface area contributed by atoms with Crippen LogP contribution >= 0.6 is 0 Å². The molecule has 0 aliphatic carbocycles. The van der Waals surface area contributed by atoms with Gasteiger partial charge in [0, 0.05) is 90.9 Å². The molecule has 35 nitrogen and oxygen atoms in total. The summed E-state index contributed by atoms with van der Waals surface area (Å²) in [6.07, 6.45) is -6.25. The Balaban J connectivity index is 0.962. The summed E-state index contributed by atoms with van der Waals surface area (Å²) in [5, 5.41) is 22.3. The second kappa shape index (κ2) is 35.9. The standard InChI is InChI=1S/C74H118N10O25Si4/c1-37(2)110(38(3)4,97-33-56-50(86)22-60(102-56)80-27-45(17)65(87)75-70(80)92)107-52-24-62(82-29-47(19)67(89)77-72(82)94)104-58(52)35-99-112(41(9)10,42(11)12)109-54-26-64(84-31-49(21)69(91)79-74(84)96)105-59(54)36-100-113(43(13)14,44(15)16)108-53-25-63(83-30-48(20)68(90)78-73(83)95)103-57(53)34-98-111(39(5)6,40(7)8)106-51-23-61(101-55(51)32-85)81-28-46(18)66(88)76-71(81)93/h27-31,37-44,50-64,85-86H,22-26,32-36H2,1-21H3,(H,75,87,92)(H,76,88,93)(H,77,89,94)(H,78,90,95)(H,79,91,96)/t50-,51-,52-,53-,54-,55+,56+,57+,58+,59+,60+,61+,62+,63+,64+/m0/s1. The van der Waals surface area contributed by atoms with Crippen molar-refractivity contribution in [1.82, 2.24) is 47.8 Å². The van der Waals surface area contributed by atoms with Crippen molar-refractivity contribution in [2.24, 2.45) is 0 Å². The van der Waals surface area contributed by atoms with Gasteiger partial charge in [0.25, 0.3) is 27.8 Å². The van der Waals surface area contributed by atoms with E-state index < -0.39 is 189 Å². The molecule has 5 aromatic heterocycles. The fourth-order valence-corrected chi connectivity index (χ4v) is 31.7. The summed E-state index contributed by atoms with van der Waals surface area (Å²) in [4.78, 5) is 143. The molecular weight excluding hydrogens is 1540 g/mol. The number of rotatable bonds is 34. The Bertz CT molecular complexity index is 4760. The Hall–Kier alpha value is -6.33. The van der Waals surface area contributed by atoms with Crippen molar-refractivity contribution in [1.29, 1.82) is 0 Å². The Morgan fingerprint density at radius 3 is 0.726 bits per heavy atom. The van der Waals surface area contributed by atoms with E-state index in [0.29, 0.717) is 0 Å². The van der Waals surface area contributed by atoms with E-state index in [1.807, 2.05) is 111 Å². The molecule has 10 heterocycles. The van der Waals surface area contributed by atoms with Gasteiger partial charge in [-0.15, -0.1) is 0 Å². The van der Waals surface area contributed by atoms with Gasteiger partial charge in [-0.3, -0.25) is 71.7 Å². The molecule has 7 N–H and O–H groups in total. The summed E-state index contributed by atoms with van der Waals surface area (Å²) in [5.74, 6) is 0. The van der Waals surface area contributed by atoms with Gasteiger partial charge in [-0.1, -0.05) is 111 Å². The maximum atomic E-state index is 14.0. The number of aliphatic hydroxyl groups is 2. The molecule has 10 rings (SSSR count). The first-order chi connectivity index (χ1) is 53.0. The minimum atomic E-state index is -3.72. The first-order valence-corrected chi connectivity index (χ1v) is 47.3. The van der Waals surface area contributed by atoms with Crippen LogP contribution in [0.1, 0.15) is 202 Å². The van der Waals surface area contributed by atoms with E-state index in [9.17, 15) is 58.2 Å². The average Bonchev–Trinajstić information content (AvgIpc) is 1.67. The van der Waals surface area contributed by atoms with Crippen molar-refractivity contribution < 1.29 is 69.3 Å². The molecule has 5 aliphatic heterocycles. The maximum absolute atomic E-state index is 14.0. The third-order valence-corrected chi connectivity index (χ3v) is 41.1. The van der Waals surface area contributed by atoms with Crippen molar-refractivity contribution in [3.63, 3.8) is 0 Å². The van der Waals surface area contributed by atoms with Crippen LogP contribution in [-0.4, -0.2) is 186 Å². The first-order valence-electron chi connectivity index (χ1n) is 39.4. The van der Waals surface area contributed by atoms with Crippen LogP contribution in [0, 0.1) is 34.6 Å². The number of nitrogens with one attached hydrogen (secondary N) is 5. The van der Waals surface area contributed by atoms with Crippen LogP contribution in [0.4, 0.5) is 0 Å². The maximum Gasteiger partial charge on any atom is 0.343 e. The minimum absolute atomic E-state index is 0.0319. The van der Waals surface area contributed by atoms with Gasteiger partial charge in [0.1, 0.15) is 61.7 Å². The number of hydrogen-bond acceptors (Lipinski definition) is 25. The van der Waals surface area contributed by atoms with Crippen LogP contribution in [0.25, 0.3) is 0 Å². The lowest BCUT2D eigenvalue weighted by Gasteiger charge is -2.44. The molecule has 39 heteroatoms. The van der Waals surface area contributed by atoms with E-state index >= 15 is 0 Å². The molecule has 5 aliphatic rings. The predicted molar refractivity (Wildman–Crippen MR) is 423 cm³/mol. The van der Waals surface area contributed by atoms with Crippen molar-refractivity contribution in [2.45, 2.75) is 314 Å². The smallest absolute Gasteiger partial charge is 0.343 e. The molecule has 15 atom stereocenters. The number of ether oxygens (including phenoxy) is 5. The van der Waals surface area contributed by atoms with E-state index in [-0.39, 0.29) is 131 Å². The molecule has 0 radical (unpaired) electrons. The molecule has 0 bridgehead atoms. The number of aromatic nitrogens is 10. The summed E-state index contributed by atoms with van der Waals surface area (Å²) in [6, 6.07) is 0. The molecule has 0 spiro atoms. The highest BCUT2D eigenvalue weighted by atomic mass is 28.4. The first kappa shape index (κ1) is 89.0. The van der Waals surface area contributed by atoms with Gasteiger partial charge >= 0.3 is 62.7 Å². The summed E-state index contributed by atoms with van der Waals surface area (Å²) in [5.41, 5.74) is -7.12. The van der Waals surface area contributed by atoms with Gasteiger partial charge in [-0.05, 0) is 78.9 Å². The Kier molecular flexibility index (Phi) is 28.3. The molecule has 5 fully saturated rings. The van der Waals surface area contributed by atoms with Crippen molar-refractivity contribution >= 4 is 34.2 Å². The highest BCUT2D eigenvalue weighted by Crippen LogP contribution is 2.48. The third kappa shape index (κ3) is 18.5. The largest absolute Gasteiger partial charge is 0.394 e. The van der Waals surface area contributed by atoms with E-state index in [0.717, 1.165) is 0 Å². The van der Waals surface area contributed by atoms with Crippen LogP contribution in [-0.2, 0) is 59.1 Å². The monoisotopic (exact) mass is 1660 g/mol. The summed E-state index contributed by atoms with van der Waals surface area (Å²) in [7, 11) is -14.5. The van der Waals surface area contributed by atoms with Crippen LogP contribution < -0.4 is 56.2 Å². The molecule has 5 saturated heterocycles. The number of aryl methyl sites for hydroxylation is 5. The second-order valence-corrected chi connectivity index (χ2v) is 50.6. The second-order valence-electron chi connectivity index (χ2n) is 33.5. The molecule has 5 aromatic rings. The van der Waals surface area contributed by atoms with Crippen molar-refractivity contribution in [3.8, 4) is 0 Å². The number of nitrogens with zero attached hydrogens (tertiary/aromatic N) is 5. The van der Waals surface area contributed by atoms with Crippen molar-refractivity contribution in [2.75, 3.05) is 33.0 Å². The molecule has 0 aromatic carbocycles. The zero-order valence-corrected chi connectivity index (χ0v) is 72.8. The SMILES string of the molecule is Cc1cn([C@H]2C[C@H](O[Si](OC[C@H]3O[C@@H](n4cc(C)c(=O)[nH]c4=O)C[C@@H]3O[Si](OC[C@H]3O[C@@H](n4cc(C)c(=O)[nH]c4=O)C[C@@H]3O[Si](OC[C@H]3O[C@@H](n4cc(C)c(=O)[nH]c4=O)C[C@@H]3O[Si](OC[C@H]3O[C@@H](n4cc(C)c(=O)[nH]c4=O)C[C@@H]3O)(C(C)C)C(C)C)(C(C)C)C(C)C)(C(C)C)C(C)C)(C(C)C)C(C)C)[C@@H](CO)O2)c(=O)[nH]c1=O. The van der Waals surface area contributed by atoms with Gasteiger partial charge in [-0.25, -0.2) is 24.0 Å². The van der Waals surface area contributed by atoms with Crippen LogP contribution in [0.15, 0.2) is 78.9 Å². The number of aromatic amines is 5. The number of hydrogen-bond donors (Lipinski definition) is 7. The Morgan fingerprint density at radius 2 is 0.513 bits per heavy atom. The molecular formula is C74H118N10O25Si4. The summed E-state index contributed by atoms with van der Waals surface area (Å²) < 4.78 is 99.1. The lowest BCUT2D eigenvalue weighted by Crippen LogP contribution is -2.57. The highest BCUT2D eigenvalue weighted by Gasteiger charge is 2.58. The van der Waals surface area contributed by atoms with E-state index in [1.165, 1.54) is 53.8 Å². The van der Waals surface area contributed by atoms with E-state index in [1.54, 1.807) is 34.6 Å². The number of H-pyrrole nitrogens is 5. The average molecular weight is 1660 g/mol. The predicted octanol–water partition coefficient (Wildman–Crippen LogP) is 5.73. The Morgan fingerprint density at radius 1 is 0.327 bits per heavy atom. The lowest BCUT2D eigenvalue weighted by atomic mass is 10.2. The van der Waals surface area contributed by atoms with Crippen LogP contribution in [0.2, 0.25) is 44.3 Å². The van der Waals surface area contributed by atoms with Gasteiger partial charge in [0.2, 0.25) is 0 Å². The Labute approximate surface area is 658 Å². The van der Waals surface area contributed by atoms with E-state index in [4.69, 9.17) is 59.1 Å². The highest BCUT2D eigenvalue weighted by molar-refractivity contribution is 6.71. The fourth-order valence-electron chi connectivity index (χ4n) is 16.7. The third-order valence-electron chi connectivity index (χ3n) is 23.1. The zero-order valence-electron chi connectivity index (χ0n) is 68.8. The van der Waals surface area contributed by atoms with Gasteiger partial charge in [0.05, 0.1) is 63.6 Å².